The van der Waals surface area contributed by atoms with Crippen LogP contribution in [-0.4, -0.2) is 17.1 Å². The molecule has 0 unspecified atom stereocenters. The van der Waals surface area contributed by atoms with Gasteiger partial charge in [0.2, 0.25) is 0 Å². The van der Waals surface area contributed by atoms with Gasteiger partial charge in [-0.1, -0.05) is 37.3 Å². The molecule has 1 aromatic rings. The van der Waals surface area contributed by atoms with Gasteiger partial charge in [-0.3, -0.25) is 4.79 Å². The van der Waals surface area contributed by atoms with E-state index < -0.39 is 5.97 Å². The molecule has 0 radical (unpaired) electrons. The van der Waals surface area contributed by atoms with Crippen molar-refractivity contribution in [3.8, 4) is 0 Å². The first-order chi connectivity index (χ1) is 7.09. The van der Waals surface area contributed by atoms with E-state index in [9.17, 15) is 4.79 Å². The van der Waals surface area contributed by atoms with Gasteiger partial charge in [0, 0.05) is 12.8 Å². The molecule has 0 aliphatic carbocycles. The van der Waals surface area contributed by atoms with E-state index in [4.69, 9.17) is 5.11 Å². The van der Waals surface area contributed by atoms with Crippen molar-refractivity contribution >= 4 is 5.97 Å². The van der Waals surface area contributed by atoms with Crippen LogP contribution in [0.1, 0.15) is 18.9 Å². The molecule has 2 atom stereocenters. The predicted octanol–water partition coefficient (Wildman–Crippen LogP) is -2.05. The number of carbonyl (C=O) groups is 1. The van der Waals surface area contributed by atoms with Gasteiger partial charge in [-0.05, 0) is 5.56 Å². The lowest BCUT2D eigenvalue weighted by molar-refractivity contribution is -0.422. The second kappa shape index (κ2) is 7.25. The molecule has 0 saturated heterocycles. The zero-order valence-corrected chi connectivity index (χ0v) is 10.2. The van der Waals surface area contributed by atoms with Crippen LogP contribution in [0.3, 0.4) is 0 Å². The third-order valence-electron chi connectivity index (χ3n) is 2.48. The van der Waals surface area contributed by atoms with E-state index in [-0.39, 0.29) is 24.4 Å². The average molecular weight is 244 g/mol. The van der Waals surface area contributed by atoms with E-state index in [2.05, 4.69) is 5.73 Å². The van der Waals surface area contributed by atoms with Crippen LogP contribution < -0.4 is 18.1 Å². The number of carboxylic acid groups (broad SMARTS) is 1. The summed E-state index contributed by atoms with van der Waals surface area (Å²) in [5.74, 6) is -1.05. The molecule has 1 rings (SSSR count). The molecule has 1 aromatic carbocycles. The molecule has 0 saturated carbocycles. The third kappa shape index (κ3) is 5.14. The molecule has 0 aliphatic heterocycles. The lowest BCUT2D eigenvalue weighted by Crippen LogP contribution is -3.00. The molecule has 0 aliphatic rings. The maximum atomic E-state index is 10.7. The minimum Gasteiger partial charge on any atom is -1.00 e. The van der Waals surface area contributed by atoms with Gasteiger partial charge in [-0.25, -0.2) is 0 Å². The molecule has 3 nitrogen and oxygen atoms in total. The highest BCUT2D eigenvalue weighted by Crippen LogP contribution is 2.08. The Hall–Kier alpha value is -1.06. The molecular weight excluding hydrogens is 226 g/mol. The number of rotatable bonds is 5. The van der Waals surface area contributed by atoms with Crippen LogP contribution in [-0.2, 0) is 11.2 Å². The average Bonchev–Trinajstić information content (AvgIpc) is 2.18. The number of carboxylic acids is 1. The summed E-state index contributed by atoms with van der Waals surface area (Å²) in [5, 5.41) is 8.77. The quantitative estimate of drug-likeness (QED) is 0.626. The fourth-order valence-corrected chi connectivity index (χ4v) is 1.63. The fourth-order valence-electron chi connectivity index (χ4n) is 1.63. The monoisotopic (exact) mass is 243 g/mol. The van der Waals surface area contributed by atoms with Gasteiger partial charge in [0.15, 0.2) is 0 Å². The summed E-state index contributed by atoms with van der Waals surface area (Å²) >= 11 is 0. The predicted molar refractivity (Wildman–Crippen MR) is 58.2 cm³/mol. The van der Waals surface area contributed by atoms with Gasteiger partial charge in [-0.15, -0.1) is 0 Å². The summed E-state index contributed by atoms with van der Waals surface area (Å²) in [4.78, 5) is 10.7. The minimum absolute atomic E-state index is 0. The Labute approximate surface area is 102 Å². The molecular formula is C12H18ClNO2. The molecule has 0 bridgehead atoms. The molecule has 90 valence electrons. The van der Waals surface area contributed by atoms with Crippen molar-refractivity contribution in [3.63, 3.8) is 0 Å². The molecule has 0 aromatic heterocycles. The summed E-state index contributed by atoms with van der Waals surface area (Å²) in [6.45, 7) is 1.73. The van der Waals surface area contributed by atoms with Crippen molar-refractivity contribution in [2.24, 2.45) is 5.92 Å². The number of hydrogen-bond donors (Lipinski definition) is 2. The zero-order valence-electron chi connectivity index (χ0n) is 9.40. The van der Waals surface area contributed by atoms with Crippen LogP contribution in [0.2, 0.25) is 0 Å². The molecule has 4 N–H and O–H groups in total. The van der Waals surface area contributed by atoms with Crippen LogP contribution in [0.4, 0.5) is 0 Å². The van der Waals surface area contributed by atoms with Crippen LogP contribution in [0, 0.1) is 5.92 Å². The molecule has 0 heterocycles. The second-order valence-corrected chi connectivity index (χ2v) is 4.03. The largest absolute Gasteiger partial charge is 1.00 e. The van der Waals surface area contributed by atoms with Gasteiger partial charge in [-0.2, -0.15) is 0 Å². The SMILES string of the molecule is C[C@@H](C[C@H]([NH3+])Cc1ccccc1)C(=O)O.[Cl-]. The minimum atomic E-state index is -0.739. The van der Waals surface area contributed by atoms with Gasteiger partial charge in [0.1, 0.15) is 0 Å². The standard InChI is InChI=1S/C12H17NO2.ClH/c1-9(12(14)15)7-11(13)8-10-5-3-2-4-6-10;/h2-6,9,11H,7-8,13H2,1H3,(H,14,15);1H/t9-,11-;/m0./s1. The normalized spacial score (nSPS) is 13.6. The van der Waals surface area contributed by atoms with Gasteiger partial charge in [0.25, 0.3) is 0 Å². The first kappa shape index (κ1) is 14.9. The van der Waals surface area contributed by atoms with Crippen molar-refractivity contribution in [3.05, 3.63) is 35.9 Å². The molecule has 16 heavy (non-hydrogen) atoms. The van der Waals surface area contributed by atoms with E-state index in [0.29, 0.717) is 6.42 Å². The molecule has 0 spiro atoms. The Balaban J connectivity index is 0.00000225. The van der Waals surface area contributed by atoms with E-state index in [1.807, 2.05) is 30.3 Å². The summed E-state index contributed by atoms with van der Waals surface area (Å²) in [6.07, 6.45) is 1.47. The Kier molecular flexibility index (Phi) is 6.77. The highest BCUT2D eigenvalue weighted by Gasteiger charge is 2.17. The number of halogens is 1. The topological polar surface area (TPSA) is 64.9 Å². The van der Waals surface area contributed by atoms with Crippen molar-refractivity contribution in [2.75, 3.05) is 0 Å². The van der Waals surface area contributed by atoms with E-state index in [1.54, 1.807) is 6.92 Å². The molecule has 4 heteroatoms. The number of benzene rings is 1. The lowest BCUT2D eigenvalue weighted by atomic mass is 9.97. The van der Waals surface area contributed by atoms with Crippen LogP contribution >= 0.6 is 0 Å². The number of hydrogen-bond acceptors (Lipinski definition) is 1. The first-order valence-electron chi connectivity index (χ1n) is 5.19. The smallest absolute Gasteiger partial charge is 0.306 e. The summed E-state index contributed by atoms with van der Waals surface area (Å²) < 4.78 is 0. The Morgan fingerprint density at radius 2 is 1.94 bits per heavy atom. The second-order valence-electron chi connectivity index (χ2n) is 4.03. The number of aliphatic carboxylic acids is 1. The van der Waals surface area contributed by atoms with E-state index >= 15 is 0 Å². The maximum absolute atomic E-state index is 10.7. The van der Waals surface area contributed by atoms with E-state index in [1.165, 1.54) is 5.56 Å². The lowest BCUT2D eigenvalue weighted by Gasteiger charge is -2.11. The highest BCUT2D eigenvalue weighted by molar-refractivity contribution is 5.69. The first-order valence-corrected chi connectivity index (χ1v) is 5.19. The Morgan fingerprint density at radius 1 is 1.38 bits per heavy atom. The highest BCUT2D eigenvalue weighted by atomic mass is 35.5. The van der Waals surface area contributed by atoms with E-state index in [0.717, 1.165) is 6.42 Å². The molecule has 0 fully saturated rings. The van der Waals surface area contributed by atoms with Crippen LogP contribution in [0.15, 0.2) is 30.3 Å². The third-order valence-corrected chi connectivity index (χ3v) is 2.48. The maximum Gasteiger partial charge on any atom is 0.306 e. The summed E-state index contributed by atoms with van der Waals surface area (Å²) in [5.41, 5.74) is 5.21. The van der Waals surface area contributed by atoms with Crippen LogP contribution in [0.5, 0.6) is 0 Å². The summed E-state index contributed by atoms with van der Waals surface area (Å²) in [7, 11) is 0. The Bertz CT molecular complexity index is 316. The summed E-state index contributed by atoms with van der Waals surface area (Å²) in [6, 6.07) is 10.2. The zero-order chi connectivity index (χ0) is 11.3. The van der Waals surface area contributed by atoms with Crippen molar-refractivity contribution in [1.82, 2.24) is 0 Å². The van der Waals surface area contributed by atoms with Crippen LogP contribution in [0.25, 0.3) is 0 Å². The van der Waals surface area contributed by atoms with Crippen molar-refractivity contribution in [2.45, 2.75) is 25.8 Å². The van der Waals surface area contributed by atoms with Gasteiger partial charge < -0.3 is 23.2 Å². The fraction of sp³-hybridized carbons (Fsp3) is 0.417. The number of quaternary nitrogens is 1. The van der Waals surface area contributed by atoms with Crippen molar-refractivity contribution in [1.29, 1.82) is 0 Å². The molecule has 0 amide bonds. The van der Waals surface area contributed by atoms with Gasteiger partial charge in [0.05, 0.1) is 12.0 Å². The van der Waals surface area contributed by atoms with Gasteiger partial charge >= 0.3 is 5.97 Å². The van der Waals surface area contributed by atoms with Crippen molar-refractivity contribution < 1.29 is 28.0 Å². The Morgan fingerprint density at radius 3 is 2.44 bits per heavy atom.